The van der Waals surface area contributed by atoms with Crippen molar-refractivity contribution < 1.29 is 14.2 Å². The highest BCUT2D eigenvalue weighted by molar-refractivity contribution is 5.79. The third-order valence-electron chi connectivity index (χ3n) is 5.22. The fourth-order valence-electron chi connectivity index (χ4n) is 3.68. The molecule has 1 aromatic rings. The normalized spacial score (nSPS) is 21.0. The summed E-state index contributed by atoms with van der Waals surface area (Å²) in [4.78, 5) is 15.1. The Kier molecular flexibility index (Phi) is 6.20. The van der Waals surface area contributed by atoms with Crippen molar-refractivity contribution >= 4 is 5.91 Å². The highest BCUT2D eigenvalue weighted by Crippen LogP contribution is 2.26. The summed E-state index contributed by atoms with van der Waals surface area (Å²) in [7, 11) is 0. The summed E-state index contributed by atoms with van der Waals surface area (Å²) in [5.41, 5.74) is 1.61. The second kappa shape index (κ2) is 8.58. The monoisotopic (exact) mass is 336 g/mol. The zero-order chi connectivity index (χ0) is 16.8. The molecule has 2 aliphatic heterocycles. The molecular formula is C17H28N4O3. The number of aromatic nitrogens is 2. The third kappa shape index (κ3) is 4.33. The number of aryl methyl sites for hydroxylation is 1. The van der Waals surface area contributed by atoms with Crippen molar-refractivity contribution in [3.63, 3.8) is 0 Å². The number of amides is 1. The molecule has 3 rings (SSSR count). The Hall–Kier alpha value is -1.47. The van der Waals surface area contributed by atoms with Gasteiger partial charge in [-0.3, -0.25) is 4.79 Å². The first kappa shape index (κ1) is 17.4. The van der Waals surface area contributed by atoms with E-state index < -0.39 is 0 Å². The highest BCUT2D eigenvalue weighted by Gasteiger charge is 2.33. The molecule has 2 aliphatic rings. The first-order chi connectivity index (χ1) is 11.8. The average molecular weight is 336 g/mol. The quantitative estimate of drug-likeness (QED) is 0.848. The topological polar surface area (TPSA) is 80.5 Å². The van der Waals surface area contributed by atoms with E-state index in [1.54, 1.807) is 0 Å². The molecule has 134 valence electrons. The number of piperidine rings is 1. The van der Waals surface area contributed by atoms with Gasteiger partial charge in [0.25, 0.3) is 0 Å². The van der Waals surface area contributed by atoms with E-state index in [1.807, 2.05) is 6.92 Å². The first-order valence-electron chi connectivity index (χ1n) is 9.11. The lowest BCUT2D eigenvalue weighted by molar-refractivity contribution is -0.139. The minimum atomic E-state index is 0.0205. The van der Waals surface area contributed by atoms with Crippen LogP contribution in [0.1, 0.15) is 43.5 Å². The van der Waals surface area contributed by atoms with Gasteiger partial charge in [-0.1, -0.05) is 10.3 Å². The van der Waals surface area contributed by atoms with Crippen LogP contribution in [0.5, 0.6) is 0 Å². The van der Waals surface area contributed by atoms with E-state index in [4.69, 9.17) is 9.37 Å². The summed E-state index contributed by atoms with van der Waals surface area (Å²) in [6.07, 6.45) is 5.43. The van der Waals surface area contributed by atoms with Crippen LogP contribution in [0.15, 0.2) is 4.63 Å². The standard InChI is InChI=1S/C17H28N4O3/c1-13-16(20-24-19-13)12-18-11-15(14-5-9-23-10-6-14)17(22)21-7-3-2-4-8-21/h14-15,18H,2-12H2,1H3. The molecule has 7 nitrogen and oxygen atoms in total. The molecule has 2 fully saturated rings. The molecule has 1 aromatic heterocycles. The lowest BCUT2D eigenvalue weighted by Crippen LogP contribution is -2.46. The van der Waals surface area contributed by atoms with Crippen LogP contribution in [0.25, 0.3) is 0 Å². The van der Waals surface area contributed by atoms with Gasteiger partial charge >= 0.3 is 0 Å². The molecule has 0 bridgehead atoms. The van der Waals surface area contributed by atoms with Crippen LogP contribution >= 0.6 is 0 Å². The summed E-state index contributed by atoms with van der Waals surface area (Å²) in [5.74, 6) is 0.730. The van der Waals surface area contributed by atoms with Gasteiger partial charge in [0.2, 0.25) is 5.91 Å². The molecule has 1 unspecified atom stereocenters. The maximum atomic E-state index is 13.1. The number of likely N-dealkylation sites (tertiary alicyclic amines) is 1. The minimum absolute atomic E-state index is 0.0205. The molecule has 0 saturated carbocycles. The van der Waals surface area contributed by atoms with Crippen LogP contribution < -0.4 is 5.32 Å². The molecule has 0 aliphatic carbocycles. The van der Waals surface area contributed by atoms with Crippen molar-refractivity contribution in [3.05, 3.63) is 11.4 Å². The van der Waals surface area contributed by atoms with Crippen LogP contribution in [-0.4, -0.2) is 54.0 Å². The smallest absolute Gasteiger partial charge is 0.227 e. The maximum absolute atomic E-state index is 13.1. The van der Waals surface area contributed by atoms with Gasteiger partial charge in [0.15, 0.2) is 0 Å². The highest BCUT2D eigenvalue weighted by atomic mass is 16.6. The van der Waals surface area contributed by atoms with E-state index in [1.165, 1.54) is 6.42 Å². The molecule has 0 aromatic carbocycles. The Morgan fingerprint density at radius 2 is 2.00 bits per heavy atom. The van der Waals surface area contributed by atoms with Crippen molar-refractivity contribution in [2.45, 2.75) is 45.6 Å². The van der Waals surface area contributed by atoms with E-state index in [2.05, 4.69) is 20.5 Å². The van der Waals surface area contributed by atoms with Gasteiger partial charge in [0.05, 0.1) is 5.92 Å². The number of nitrogens with zero attached hydrogens (tertiary/aromatic N) is 3. The Balaban J connectivity index is 1.60. The summed E-state index contributed by atoms with van der Waals surface area (Å²) in [5, 5.41) is 11.1. The Labute approximate surface area is 143 Å². The van der Waals surface area contributed by atoms with E-state index >= 15 is 0 Å². The Morgan fingerprint density at radius 1 is 1.25 bits per heavy atom. The number of ether oxygens (including phenoxy) is 1. The second-order valence-corrected chi connectivity index (χ2v) is 6.87. The predicted octanol–water partition coefficient (Wildman–Crippen LogP) is 1.52. The van der Waals surface area contributed by atoms with Crippen LogP contribution in [0.3, 0.4) is 0 Å². The van der Waals surface area contributed by atoms with Gasteiger partial charge in [-0.15, -0.1) is 0 Å². The van der Waals surface area contributed by atoms with Gasteiger partial charge in [-0.2, -0.15) is 0 Å². The van der Waals surface area contributed by atoms with E-state index in [-0.39, 0.29) is 5.92 Å². The zero-order valence-electron chi connectivity index (χ0n) is 14.5. The molecular weight excluding hydrogens is 308 g/mol. The fraction of sp³-hybridized carbons (Fsp3) is 0.824. The molecule has 0 spiro atoms. The first-order valence-corrected chi connectivity index (χ1v) is 9.11. The number of hydrogen-bond acceptors (Lipinski definition) is 6. The average Bonchev–Trinajstić information content (AvgIpc) is 3.05. The van der Waals surface area contributed by atoms with E-state index in [9.17, 15) is 4.79 Å². The Morgan fingerprint density at radius 3 is 2.67 bits per heavy atom. The zero-order valence-corrected chi connectivity index (χ0v) is 14.5. The van der Waals surface area contributed by atoms with Crippen molar-refractivity contribution in [1.82, 2.24) is 20.5 Å². The van der Waals surface area contributed by atoms with Crippen LogP contribution in [0, 0.1) is 18.8 Å². The van der Waals surface area contributed by atoms with Crippen molar-refractivity contribution in [2.24, 2.45) is 11.8 Å². The lowest BCUT2D eigenvalue weighted by Gasteiger charge is -2.35. The van der Waals surface area contributed by atoms with E-state index in [0.29, 0.717) is 24.9 Å². The predicted molar refractivity (Wildman–Crippen MR) is 88.2 cm³/mol. The summed E-state index contributed by atoms with van der Waals surface area (Å²) < 4.78 is 10.2. The molecule has 1 atom stereocenters. The van der Waals surface area contributed by atoms with Crippen molar-refractivity contribution in [1.29, 1.82) is 0 Å². The largest absolute Gasteiger partial charge is 0.381 e. The van der Waals surface area contributed by atoms with Crippen LogP contribution in [0.2, 0.25) is 0 Å². The molecule has 7 heteroatoms. The molecule has 1 amide bonds. The molecule has 0 radical (unpaired) electrons. The van der Waals surface area contributed by atoms with Crippen LogP contribution in [-0.2, 0) is 16.1 Å². The van der Waals surface area contributed by atoms with Crippen molar-refractivity contribution in [2.75, 3.05) is 32.8 Å². The second-order valence-electron chi connectivity index (χ2n) is 6.87. The van der Waals surface area contributed by atoms with Gasteiger partial charge in [0.1, 0.15) is 11.4 Å². The molecule has 2 saturated heterocycles. The maximum Gasteiger partial charge on any atom is 0.227 e. The van der Waals surface area contributed by atoms with Gasteiger partial charge < -0.3 is 15.0 Å². The number of carbonyl (C=O) groups is 1. The SMILES string of the molecule is Cc1nonc1CNCC(C(=O)N1CCCCC1)C1CCOCC1. The van der Waals surface area contributed by atoms with Gasteiger partial charge in [0, 0.05) is 39.4 Å². The lowest BCUT2D eigenvalue weighted by atomic mass is 9.84. The number of hydrogen-bond donors (Lipinski definition) is 1. The summed E-state index contributed by atoms with van der Waals surface area (Å²) in [6.45, 7) is 6.48. The molecule has 3 heterocycles. The number of carbonyl (C=O) groups excluding carboxylic acids is 1. The van der Waals surface area contributed by atoms with Crippen molar-refractivity contribution in [3.8, 4) is 0 Å². The van der Waals surface area contributed by atoms with Gasteiger partial charge in [-0.05, 0) is 44.9 Å². The molecule has 24 heavy (non-hydrogen) atoms. The summed E-state index contributed by atoms with van der Waals surface area (Å²) in [6, 6.07) is 0. The third-order valence-corrected chi connectivity index (χ3v) is 5.22. The van der Waals surface area contributed by atoms with E-state index in [0.717, 1.165) is 63.4 Å². The summed E-state index contributed by atoms with van der Waals surface area (Å²) >= 11 is 0. The fourth-order valence-corrected chi connectivity index (χ4v) is 3.68. The Bertz CT molecular complexity index is 522. The van der Waals surface area contributed by atoms with Crippen LogP contribution in [0.4, 0.5) is 0 Å². The minimum Gasteiger partial charge on any atom is -0.381 e. The number of nitrogens with one attached hydrogen (secondary N) is 1. The van der Waals surface area contributed by atoms with Gasteiger partial charge in [-0.25, -0.2) is 4.63 Å². The number of rotatable bonds is 6. The molecule has 1 N–H and O–H groups in total.